The molecule has 130 valence electrons. The number of amides is 3. The lowest BCUT2D eigenvalue weighted by Crippen LogP contribution is -2.49. The van der Waals surface area contributed by atoms with Gasteiger partial charge in [0, 0.05) is 16.6 Å². The summed E-state index contributed by atoms with van der Waals surface area (Å²) >= 11 is 3.29. The summed E-state index contributed by atoms with van der Waals surface area (Å²) < 4.78 is 0.729. The average molecular weight is 417 g/mol. The van der Waals surface area contributed by atoms with Gasteiger partial charge in [0.15, 0.2) is 0 Å². The molecule has 1 aromatic carbocycles. The summed E-state index contributed by atoms with van der Waals surface area (Å²) in [6.45, 7) is 2.69. The number of nitrogens with one attached hydrogen (secondary N) is 2. The summed E-state index contributed by atoms with van der Waals surface area (Å²) in [6.07, 6.45) is 1.70. The number of halogens is 2. The van der Waals surface area contributed by atoms with Crippen LogP contribution in [-0.2, 0) is 4.79 Å². The van der Waals surface area contributed by atoms with E-state index in [2.05, 4.69) is 33.5 Å². The van der Waals surface area contributed by atoms with Crippen molar-refractivity contribution in [1.29, 1.82) is 0 Å². The highest BCUT2D eigenvalue weighted by Gasteiger charge is 2.37. The van der Waals surface area contributed by atoms with Crippen LogP contribution < -0.4 is 10.6 Å². The van der Waals surface area contributed by atoms with Crippen LogP contribution in [0.15, 0.2) is 22.7 Å². The third kappa shape index (κ3) is 3.79. The number of carbonyl (C=O) groups excluding carboxylic acids is 3. The SMILES string of the molecule is CC1CC(NC(=O)CN2C(=O)c3ccc(Br)cc3C2=O)CCN1.Cl. The number of piperidine rings is 1. The molecule has 0 aliphatic carbocycles. The van der Waals surface area contributed by atoms with Gasteiger partial charge in [0.2, 0.25) is 5.91 Å². The third-order valence-corrected chi connectivity index (χ3v) is 4.72. The van der Waals surface area contributed by atoms with Crippen LogP contribution in [0, 0.1) is 0 Å². The van der Waals surface area contributed by atoms with E-state index in [0.717, 1.165) is 28.8 Å². The minimum atomic E-state index is -0.417. The minimum absolute atomic E-state index is 0. The van der Waals surface area contributed by atoms with Gasteiger partial charge in [-0.3, -0.25) is 19.3 Å². The van der Waals surface area contributed by atoms with Crippen LogP contribution in [-0.4, -0.2) is 47.8 Å². The zero-order valence-corrected chi connectivity index (χ0v) is 15.6. The highest BCUT2D eigenvalue weighted by Crippen LogP contribution is 2.25. The van der Waals surface area contributed by atoms with Crippen molar-refractivity contribution in [3.8, 4) is 0 Å². The molecule has 0 bridgehead atoms. The fourth-order valence-corrected chi connectivity index (χ4v) is 3.45. The van der Waals surface area contributed by atoms with Gasteiger partial charge in [-0.15, -0.1) is 12.4 Å². The van der Waals surface area contributed by atoms with E-state index in [-0.39, 0.29) is 30.9 Å². The van der Waals surface area contributed by atoms with E-state index in [1.54, 1.807) is 18.2 Å². The van der Waals surface area contributed by atoms with Gasteiger partial charge in [0.25, 0.3) is 11.8 Å². The highest BCUT2D eigenvalue weighted by atomic mass is 79.9. The van der Waals surface area contributed by atoms with Gasteiger partial charge in [-0.25, -0.2) is 0 Å². The van der Waals surface area contributed by atoms with Crippen molar-refractivity contribution < 1.29 is 14.4 Å². The Hall–Kier alpha value is -1.44. The third-order valence-electron chi connectivity index (χ3n) is 4.22. The van der Waals surface area contributed by atoms with Crippen molar-refractivity contribution in [2.45, 2.75) is 31.8 Å². The molecule has 6 nitrogen and oxygen atoms in total. The lowest BCUT2D eigenvalue weighted by atomic mass is 10.0. The largest absolute Gasteiger partial charge is 0.352 e. The first-order valence-corrected chi connectivity index (χ1v) is 8.43. The first-order valence-electron chi connectivity index (χ1n) is 7.64. The molecule has 1 fully saturated rings. The van der Waals surface area contributed by atoms with E-state index in [1.165, 1.54) is 0 Å². The minimum Gasteiger partial charge on any atom is -0.352 e. The fourth-order valence-electron chi connectivity index (χ4n) is 3.09. The molecule has 2 heterocycles. The molecule has 2 aliphatic rings. The molecule has 1 aromatic rings. The van der Waals surface area contributed by atoms with Gasteiger partial charge < -0.3 is 10.6 Å². The van der Waals surface area contributed by atoms with E-state index < -0.39 is 11.8 Å². The van der Waals surface area contributed by atoms with Crippen LogP contribution in [0.2, 0.25) is 0 Å². The number of nitrogens with zero attached hydrogens (tertiary/aromatic N) is 1. The maximum Gasteiger partial charge on any atom is 0.262 e. The summed E-state index contributed by atoms with van der Waals surface area (Å²) in [5.41, 5.74) is 0.689. The van der Waals surface area contributed by atoms with Crippen molar-refractivity contribution in [1.82, 2.24) is 15.5 Å². The smallest absolute Gasteiger partial charge is 0.262 e. The number of imide groups is 1. The van der Waals surface area contributed by atoms with Crippen LogP contribution >= 0.6 is 28.3 Å². The Morgan fingerprint density at radius 2 is 2.04 bits per heavy atom. The van der Waals surface area contributed by atoms with Crippen LogP contribution in [0.3, 0.4) is 0 Å². The number of hydrogen-bond donors (Lipinski definition) is 2. The molecule has 0 saturated carbocycles. The van der Waals surface area contributed by atoms with Gasteiger partial charge in [-0.05, 0) is 44.5 Å². The van der Waals surface area contributed by atoms with E-state index in [0.29, 0.717) is 17.2 Å². The van der Waals surface area contributed by atoms with Crippen molar-refractivity contribution in [3.05, 3.63) is 33.8 Å². The van der Waals surface area contributed by atoms with E-state index in [9.17, 15) is 14.4 Å². The van der Waals surface area contributed by atoms with E-state index in [1.807, 2.05) is 0 Å². The predicted molar refractivity (Wildman–Crippen MR) is 95.4 cm³/mol. The number of carbonyl (C=O) groups is 3. The van der Waals surface area contributed by atoms with Gasteiger partial charge in [-0.1, -0.05) is 15.9 Å². The Kier molecular flexibility index (Phi) is 6.01. The molecule has 0 radical (unpaired) electrons. The van der Waals surface area contributed by atoms with E-state index in [4.69, 9.17) is 0 Å². The summed E-state index contributed by atoms with van der Waals surface area (Å²) in [4.78, 5) is 37.8. The van der Waals surface area contributed by atoms with Gasteiger partial charge in [0.1, 0.15) is 6.54 Å². The van der Waals surface area contributed by atoms with Gasteiger partial charge >= 0.3 is 0 Å². The molecule has 3 amide bonds. The standard InChI is InChI=1S/C16H18BrN3O3.ClH/c1-9-6-11(4-5-18-9)19-14(21)8-20-15(22)12-3-2-10(17)7-13(12)16(20)23;/h2-3,7,9,11,18H,4-6,8H2,1H3,(H,19,21);1H. The Bertz CT molecular complexity index is 683. The lowest BCUT2D eigenvalue weighted by molar-refractivity contribution is -0.122. The second-order valence-electron chi connectivity index (χ2n) is 6.03. The predicted octanol–water partition coefficient (Wildman–Crippen LogP) is 1.72. The molecule has 0 aromatic heterocycles. The average Bonchev–Trinajstić information content (AvgIpc) is 2.72. The summed E-state index contributed by atoms with van der Waals surface area (Å²) in [5.74, 6) is -1.12. The Morgan fingerprint density at radius 3 is 2.75 bits per heavy atom. The van der Waals surface area contributed by atoms with Crippen LogP contribution in [0.1, 0.15) is 40.5 Å². The Labute approximate surface area is 154 Å². The second kappa shape index (κ2) is 7.63. The molecular weight excluding hydrogens is 398 g/mol. The fraction of sp³-hybridized carbons (Fsp3) is 0.438. The molecule has 2 aliphatic heterocycles. The molecule has 2 atom stereocenters. The summed E-state index contributed by atoms with van der Waals surface area (Å²) in [5, 5.41) is 6.24. The first-order chi connectivity index (χ1) is 11.0. The lowest BCUT2D eigenvalue weighted by Gasteiger charge is -2.29. The summed E-state index contributed by atoms with van der Waals surface area (Å²) in [7, 11) is 0. The van der Waals surface area contributed by atoms with Crippen molar-refractivity contribution in [3.63, 3.8) is 0 Å². The number of benzene rings is 1. The van der Waals surface area contributed by atoms with Crippen LogP contribution in [0.25, 0.3) is 0 Å². The molecule has 8 heteroatoms. The highest BCUT2D eigenvalue weighted by molar-refractivity contribution is 9.10. The normalized spacial score (nSPS) is 22.8. The Morgan fingerprint density at radius 1 is 1.33 bits per heavy atom. The first kappa shape index (κ1) is 18.9. The molecule has 1 saturated heterocycles. The maximum atomic E-state index is 12.3. The number of hydrogen-bond acceptors (Lipinski definition) is 4. The molecule has 0 spiro atoms. The van der Waals surface area contributed by atoms with Crippen molar-refractivity contribution in [2.24, 2.45) is 0 Å². The van der Waals surface area contributed by atoms with Gasteiger partial charge in [0.05, 0.1) is 11.1 Å². The second-order valence-corrected chi connectivity index (χ2v) is 6.95. The molecule has 2 unspecified atom stereocenters. The summed E-state index contributed by atoms with van der Waals surface area (Å²) in [6, 6.07) is 5.37. The Balaban J connectivity index is 0.00000208. The monoisotopic (exact) mass is 415 g/mol. The molecule has 3 rings (SSSR count). The zero-order chi connectivity index (χ0) is 16.6. The topological polar surface area (TPSA) is 78.5 Å². The maximum absolute atomic E-state index is 12.3. The number of fused-ring (bicyclic) bond motifs is 1. The van der Waals surface area contributed by atoms with Gasteiger partial charge in [-0.2, -0.15) is 0 Å². The van der Waals surface area contributed by atoms with Crippen molar-refractivity contribution in [2.75, 3.05) is 13.1 Å². The molecule has 24 heavy (non-hydrogen) atoms. The quantitative estimate of drug-likeness (QED) is 0.736. The van der Waals surface area contributed by atoms with E-state index >= 15 is 0 Å². The zero-order valence-electron chi connectivity index (χ0n) is 13.2. The van der Waals surface area contributed by atoms with Crippen LogP contribution in [0.4, 0.5) is 0 Å². The number of rotatable bonds is 3. The van der Waals surface area contributed by atoms with Crippen LogP contribution in [0.5, 0.6) is 0 Å². The molecular formula is C16H19BrClN3O3. The van der Waals surface area contributed by atoms with Crippen molar-refractivity contribution >= 4 is 46.1 Å². The molecule has 2 N–H and O–H groups in total.